The summed E-state index contributed by atoms with van der Waals surface area (Å²) in [5, 5.41) is 3.52. The number of carbonyl (C=O) groups is 1. The minimum Gasteiger partial charge on any atom is -0.493 e. The summed E-state index contributed by atoms with van der Waals surface area (Å²) in [5.41, 5.74) is 4.97. The number of fused-ring (bicyclic) bond motifs is 1. The van der Waals surface area contributed by atoms with Crippen LogP contribution in [-0.4, -0.2) is 32.2 Å². The normalized spacial score (nSPS) is 11.3. The van der Waals surface area contributed by atoms with Crippen LogP contribution in [0, 0.1) is 0 Å². The number of benzene rings is 4. The van der Waals surface area contributed by atoms with Gasteiger partial charge in [0.15, 0.2) is 16.6 Å². The van der Waals surface area contributed by atoms with Crippen molar-refractivity contribution in [3.63, 3.8) is 0 Å². The van der Waals surface area contributed by atoms with Gasteiger partial charge in [0, 0.05) is 5.57 Å². The summed E-state index contributed by atoms with van der Waals surface area (Å²) in [6.45, 7) is 0. The quantitative estimate of drug-likeness (QED) is 0.173. The molecule has 1 N–H and O–H groups in total. The maximum atomic E-state index is 13.7. The van der Waals surface area contributed by atoms with Gasteiger partial charge in [0.05, 0.1) is 31.5 Å². The lowest BCUT2D eigenvalue weighted by Crippen LogP contribution is -2.13. The number of hydrogen-bond donors (Lipinski definition) is 1. The molecule has 0 spiro atoms. The molecule has 0 atom stereocenters. The van der Waals surface area contributed by atoms with Crippen molar-refractivity contribution in [1.29, 1.82) is 0 Å². The summed E-state index contributed by atoms with van der Waals surface area (Å²) in [7, 11) is 4.68. The second kappa shape index (κ2) is 11.2. The highest BCUT2D eigenvalue weighted by Crippen LogP contribution is 2.39. The molecule has 0 unspecified atom stereocenters. The van der Waals surface area contributed by atoms with Crippen molar-refractivity contribution >= 4 is 44.2 Å². The number of nitrogens with zero attached hydrogens (tertiary/aromatic N) is 1. The zero-order chi connectivity index (χ0) is 26.5. The Morgan fingerprint density at radius 2 is 1.42 bits per heavy atom. The van der Waals surface area contributed by atoms with Crippen LogP contribution in [0.4, 0.5) is 5.13 Å². The van der Waals surface area contributed by atoms with Crippen molar-refractivity contribution in [2.24, 2.45) is 0 Å². The summed E-state index contributed by atoms with van der Waals surface area (Å²) in [5.74, 6) is 1.22. The number of rotatable bonds is 8. The van der Waals surface area contributed by atoms with E-state index in [2.05, 4.69) is 22.4 Å². The number of aromatic nitrogens is 1. The lowest BCUT2D eigenvalue weighted by atomic mass is 9.98. The van der Waals surface area contributed by atoms with E-state index in [9.17, 15) is 4.79 Å². The van der Waals surface area contributed by atoms with Gasteiger partial charge in [0.2, 0.25) is 5.75 Å². The molecule has 1 aromatic heterocycles. The number of carbonyl (C=O) groups excluding carboxylic acids is 1. The average molecular weight is 523 g/mol. The smallest absolute Gasteiger partial charge is 0.258 e. The lowest BCUT2D eigenvalue weighted by molar-refractivity contribution is -0.111. The van der Waals surface area contributed by atoms with Crippen molar-refractivity contribution in [3.8, 4) is 28.4 Å². The third kappa shape index (κ3) is 5.23. The molecule has 0 saturated carbocycles. The number of thiazole rings is 1. The summed E-state index contributed by atoms with van der Waals surface area (Å²) < 4.78 is 17.5. The van der Waals surface area contributed by atoms with E-state index in [1.54, 1.807) is 21.3 Å². The van der Waals surface area contributed by atoms with Gasteiger partial charge in [-0.25, -0.2) is 4.98 Å². The summed E-state index contributed by atoms with van der Waals surface area (Å²) in [4.78, 5) is 18.3. The van der Waals surface area contributed by atoms with Crippen LogP contribution in [0.15, 0.2) is 91.0 Å². The molecule has 0 aliphatic rings. The van der Waals surface area contributed by atoms with E-state index in [1.807, 2.05) is 84.9 Å². The minimum atomic E-state index is -0.273. The second-order valence-corrected chi connectivity index (χ2v) is 9.43. The molecule has 6 nitrogen and oxygen atoms in total. The number of amides is 1. The molecule has 7 heteroatoms. The van der Waals surface area contributed by atoms with Crippen LogP contribution in [0.2, 0.25) is 0 Å². The van der Waals surface area contributed by atoms with E-state index in [1.165, 1.54) is 11.3 Å². The molecular formula is C31H26N2O4S. The molecule has 0 fully saturated rings. The van der Waals surface area contributed by atoms with Crippen LogP contribution in [0.5, 0.6) is 17.2 Å². The summed E-state index contributed by atoms with van der Waals surface area (Å²) in [6, 6.07) is 29.4. The van der Waals surface area contributed by atoms with Crippen molar-refractivity contribution in [2.75, 3.05) is 26.6 Å². The van der Waals surface area contributed by atoms with E-state index >= 15 is 0 Å². The fourth-order valence-corrected chi connectivity index (χ4v) is 5.06. The maximum Gasteiger partial charge on any atom is 0.258 e. The molecule has 5 rings (SSSR count). The third-order valence-electron chi connectivity index (χ3n) is 6.06. The molecule has 190 valence electrons. The van der Waals surface area contributed by atoms with Gasteiger partial charge in [-0.1, -0.05) is 78.1 Å². The molecule has 5 aromatic rings. The number of methoxy groups -OCH3 is 3. The van der Waals surface area contributed by atoms with Crippen LogP contribution in [0.3, 0.4) is 0 Å². The Bertz CT molecular complexity index is 1550. The fraction of sp³-hybridized carbons (Fsp3) is 0.0968. The molecule has 38 heavy (non-hydrogen) atoms. The molecule has 0 radical (unpaired) electrons. The van der Waals surface area contributed by atoms with Crippen LogP contribution in [0.1, 0.15) is 11.1 Å². The van der Waals surface area contributed by atoms with Crippen molar-refractivity contribution in [1.82, 2.24) is 4.98 Å². The van der Waals surface area contributed by atoms with Gasteiger partial charge in [0.1, 0.15) is 0 Å². The molecule has 1 heterocycles. The Hall–Kier alpha value is -4.62. The van der Waals surface area contributed by atoms with E-state index in [-0.39, 0.29) is 5.91 Å². The number of para-hydroxylation sites is 1. The highest BCUT2D eigenvalue weighted by Gasteiger charge is 2.18. The zero-order valence-corrected chi connectivity index (χ0v) is 22.0. The first-order chi connectivity index (χ1) is 18.6. The predicted molar refractivity (Wildman–Crippen MR) is 154 cm³/mol. The predicted octanol–water partition coefficient (Wildman–Crippen LogP) is 7.17. The molecular weight excluding hydrogens is 496 g/mol. The monoisotopic (exact) mass is 522 g/mol. The Morgan fingerprint density at radius 3 is 2.05 bits per heavy atom. The van der Waals surface area contributed by atoms with Gasteiger partial charge in [-0.05, 0) is 52.6 Å². The largest absolute Gasteiger partial charge is 0.493 e. The van der Waals surface area contributed by atoms with Gasteiger partial charge < -0.3 is 14.2 Å². The molecule has 4 aromatic carbocycles. The van der Waals surface area contributed by atoms with Gasteiger partial charge in [0.25, 0.3) is 5.91 Å². The Morgan fingerprint density at radius 1 is 0.789 bits per heavy atom. The van der Waals surface area contributed by atoms with Crippen LogP contribution >= 0.6 is 11.3 Å². The topological polar surface area (TPSA) is 69.7 Å². The molecule has 0 aliphatic heterocycles. The lowest BCUT2D eigenvalue weighted by Gasteiger charge is -2.14. The molecule has 0 aliphatic carbocycles. The standard InChI is InChI=1S/C31H26N2O4S/c1-35-26-18-20(19-27(36-2)29(26)37-3)17-24(23-15-13-22(14-16-23)21-9-5-4-6-10-21)30(34)33-31-32-25-11-7-8-12-28(25)38-31/h4-19H,1-3H3,(H,32,33,34). The van der Waals surface area contributed by atoms with Gasteiger partial charge in [-0.3, -0.25) is 10.1 Å². The number of nitrogens with one attached hydrogen (secondary N) is 1. The van der Waals surface area contributed by atoms with Crippen molar-refractivity contribution in [3.05, 3.63) is 102 Å². The van der Waals surface area contributed by atoms with E-state index < -0.39 is 0 Å². The fourth-order valence-electron chi connectivity index (χ4n) is 4.19. The summed E-state index contributed by atoms with van der Waals surface area (Å²) >= 11 is 1.43. The highest BCUT2D eigenvalue weighted by atomic mass is 32.1. The van der Waals surface area contributed by atoms with Gasteiger partial charge in [-0.2, -0.15) is 0 Å². The molecule has 0 bridgehead atoms. The summed E-state index contributed by atoms with van der Waals surface area (Å²) in [6.07, 6.45) is 1.81. The van der Waals surface area contributed by atoms with Crippen LogP contribution < -0.4 is 19.5 Å². The zero-order valence-electron chi connectivity index (χ0n) is 21.2. The average Bonchev–Trinajstić information content (AvgIpc) is 3.38. The van der Waals surface area contributed by atoms with Crippen LogP contribution in [-0.2, 0) is 4.79 Å². The molecule has 0 saturated heterocycles. The maximum absolute atomic E-state index is 13.7. The number of ether oxygens (including phenoxy) is 3. The SMILES string of the molecule is COc1cc(C=C(C(=O)Nc2nc3ccccc3s2)c2ccc(-c3ccccc3)cc2)cc(OC)c1OC. The Balaban J connectivity index is 1.56. The first-order valence-corrected chi connectivity index (χ1v) is 12.8. The van der Waals surface area contributed by atoms with E-state index in [0.717, 1.165) is 32.5 Å². The first kappa shape index (κ1) is 25.0. The Kier molecular flexibility index (Phi) is 7.38. The van der Waals surface area contributed by atoms with E-state index in [0.29, 0.717) is 28.0 Å². The van der Waals surface area contributed by atoms with Crippen molar-refractivity contribution < 1.29 is 19.0 Å². The number of anilines is 1. The molecule has 1 amide bonds. The third-order valence-corrected chi connectivity index (χ3v) is 7.01. The Labute approximate surface area is 225 Å². The van der Waals surface area contributed by atoms with Crippen LogP contribution in [0.25, 0.3) is 33.0 Å². The van der Waals surface area contributed by atoms with Gasteiger partial charge >= 0.3 is 0 Å². The number of hydrogen-bond acceptors (Lipinski definition) is 6. The van der Waals surface area contributed by atoms with E-state index in [4.69, 9.17) is 14.2 Å². The van der Waals surface area contributed by atoms with Gasteiger partial charge in [-0.15, -0.1) is 0 Å². The van der Waals surface area contributed by atoms with Crippen molar-refractivity contribution in [2.45, 2.75) is 0 Å². The first-order valence-electron chi connectivity index (χ1n) is 11.9. The highest BCUT2D eigenvalue weighted by molar-refractivity contribution is 7.22. The second-order valence-electron chi connectivity index (χ2n) is 8.40. The minimum absolute atomic E-state index is 0.273.